The van der Waals surface area contributed by atoms with Gasteiger partial charge < -0.3 is 20.1 Å². The molecule has 0 aromatic heterocycles. The third kappa shape index (κ3) is 5.61. The zero-order valence-corrected chi connectivity index (χ0v) is 17.8. The number of halogens is 1. The van der Waals surface area contributed by atoms with Gasteiger partial charge >= 0.3 is 6.09 Å². The van der Waals surface area contributed by atoms with Crippen molar-refractivity contribution >= 4 is 33.4 Å². The highest BCUT2D eigenvalue weighted by molar-refractivity contribution is 7.88. The third-order valence-electron chi connectivity index (χ3n) is 4.84. The first kappa shape index (κ1) is 23.2. The number of ether oxygens (including phenoxy) is 1. The van der Waals surface area contributed by atoms with Gasteiger partial charge in [-0.2, -0.15) is 0 Å². The molecule has 31 heavy (non-hydrogen) atoms. The Bertz CT molecular complexity index is 929. The van der Waals surface area contributed by atoms with E-state index in [1.165, 1.54) is 24.0 Å². The van der Waals surface area contributed by atoms with Gasteiger partial charge in [0, 0.05) is 20.0 Å². The topological polar surface area (TPSA) is 129 Å². The molecule has 172 valence electrons. The smallest absolute Gasteiger partial charge is 0.414 e. The summed E-state index contributed by atoms with van der Waals surface area (Å²) in [7, 11) is -3.76. The normalized spacial score (nSPS) is 20.5. The lowest BCUT2D eigenvalue weighted by atomic mass is 10.2. The average molecular weight is 460 g/mol. The fraction of sp³-hybridized carbons (Fsp3) is 0.556. The van der Waals surface area contributed by atoms with E-state index in [9.17, 15) is 22.4 Å². The zero-order chi connectivity index (χ0) is 22.6. The average Bonchev–Trinajstić information content (AvgIpc) is 2.90. The van der Waals surface area contributed by atoms with E-state index in [1.807, 2.05) is 0 Å². The Kier molecular flexibility index (Phi) is 7.30. The molecule has 2 N–H and O–H groups in total. The van der Waals surface area contributed by atoms with Crippen molar-refractivity contribution in [2.45, 2.75) is 13.0 Å². The number of hydrogen-bond donors (Lipinski definition) is 2. The quantitative estimate of drug-likeness (QED) is 0.566. The SMILES string of the molecule is CC(=O)NC[C@H]1CN(c2ccc(N3CCON(S(=O)(=O)CCO)CC3)c(F)c2)C(=O)O1. The molecule has 0 aliphatic carbocycles. The van der Waals surface area contributed by atoms with Gasteiger partial charge in [0.2, 0.25) is 15.9 Å². The van der Waals surface area contributed by atoms with E-state index >= 15 is 0 Å². The van der Waals surface area contributed by atoms with Crippen LogP contribution in [0.25, 0.3) is 0 Å². The highest BCUT2D eigenvalue weighted by Crippen LogP contribution is 2.28. The van der Waals surface area contributed by atoms with Gasteiger partial charge in [0.25, 0.3) is 0 Å². The standard InChI is InChI=1S/C18H25FN4O7S/c1-13(25)20-11-15-12-22(18(26)30-15)14-2-3-17(16(19)10-14)21-4-5-23(29-8-6-21)31(27,28)9-7-24/h2-3,10,15,24H,4-9,11-12H2,1H3,(H,20,25)/t15-/m0/s1. The number of carbonyl (C=O) groups excluding carboxylic acids is 2. The van der Waals surface area contributed by atoms with Crippen LogP contribution in [0.1, 0.15) is 6.92 Å². The Morgan fingerprint density at radius 3 is 2.77 bits per heavy atom. The minimum absolute atomic E-state index is 0.0210. The predicted molar refractivity (Wildman–Crippen MR) is 108 cm³/mol. The van der Waals surface area contributed by atoms with Gasteiger partial charge in [-0.15, -0.1) is 0 Å². The van der Waals surface area contributed by atoms with E-state index in [-0.39, 0.29) is 50.9 Å². The minimum Gasteiger partial charge on any atom is -0.442 e. The maximum absolute atomic E-state index is 14.9. The van der Waals surface area contributed by atoms with Crippen molar-refractivity contribution in [3.05, 3.63) is 24.0 Å². The van der Waals surface area contributed by atoms with Crippen LogP contribution in [0, 0.1) is 5.82 Å². The number of sulfonamides is 1. The van der Waals surface area contributed by atoms with Gasteiger partial charge in [-0.25, -0.2) is 17.6 Å². The van der Waals surface area contributed by atoms with Crippen LogP contribution >= 0.6 is 0 Å². The highest BCUT2D eigenvalue weighted by atomic mass is 32.2. The lowest BCUT2D eigenvalue weighted by molar-refractivity contribution is -0.119. The van der Waals surface area contributed by atoms with Crippen LogP contribution in [0.5, 0.6) is 0 Å². The van der Waals surface area contributed by atoms with Crippen molar-refractivity contribution in [3.63, 3.8) is 0 Å². The number of amides is 2. The van der Waals surface area contributed by atoms with E-state index in [2.05, 4.69) is 5.32 Å². The summed E-state index contributed by atoms with van der Waals surface area (Å²) in [6.07, 6.45) is -1.16. The summed E-state index contributed by atoms with van der Waals surface area (Å²) in [5, 5.41) is 11.5. The van der Waals surface area contributed by atoms with E-state index < -0.39 is 40.4 Å². The number of hydrogen-bond acceptors (Lipinski definition) is 8. The number of carbonyl (C=O) groups is 2. The number of nitrogens with one attached hydrogen (secondary N) is 1. The van der Waals surface area contributed by atoms with Crippen molar-refractivity contribution in [2.75, 3.05) is 61.5 Å². The van der Waals surface area contributed by atoms with E-state index in [0.29, 0.717) is 5.69 Å². The van der Waals surface area contributed by atoms with Crippen LogP contribution in [-0.2, 0) is 24.4 Å². The van der Waals surface area contributed by atoms with Crippen molar-refractivity contribution in [1.29, 1.82) is 0 Å². The summed E-state index contributed by atoms with van der Waals surface area (Å²) in [6.45, 7) is 1.62. The monoisotopic (exact) mass is 460 g/mol. The predicted octanol–water partition coefficient (Wildman–Crippen LogP) is -0.337. The number of aliphatic hydroxyl groups excluding tert-OH is 1. The number of hydroxylamine groups is 1. The lowest BCUT2D eigenvalue weighted by Gasteiger charge is -2.23. The zero-order valence-electron chi connectivity index (χ0n) is 17.0. The molecule has 2 aliphatic heterocycles. The second-order valence-electron chi connectivity index (χ2n) is 7.08. The second kappa shape index (κ2) is 9.77. The van der Waals surface area contributed by atoms with Gasteiger partial charge in [-0.05, 0) is 18.2 Å². The number of cyclic esters (lactones) is 1. The number of nitrogens with zero attached hydrogens (tertiary/aromatic N) is 3. The van der Waals surface area contributed by atoms with Crippen LogP contribution < -0.4 is 15.1 Å². The molecule has 0 unspecified atom stereocenters. The molecule has 2 saturated heterocycles. The van der Waals surface area contributed by atoms with E-state index in [1.54, 1.807) is 11.0 Å². The molecule has 0 bridgehead atoms. The fourth-order valence-electron chi connectivity index (χ4n) is 3.33. The minimum atomic E-state index is -3.76. The van der Waals surface area contributed by atoms with Gasteiger partial charge in [0.15, 0.2) is 0 Å². The summed E-state index contributed by atoms with van der Waals surface area (Å²) >= 11 is 0. The maximum atomic E-state index is 14.9. The molecule has 0 radical (unpaired) electrons. The second-order valence-corrected chi connectivity index (χ2v) is 9.05. The first-order valence-electron chi connectivity index (χ1n) is 9.72. The molecule has 1 atom stereocenters. The molecular weight excluding hydrogens is 435 g/mol. The van der Waals surface area contributed by atoms with Gasteiger partial charge in [0.05, 0.1) is 50.0 Å². The van der Waals surface area contributed by atoms with Crippen LogP contribution in [0.15, 0.2) is 18.2 Å². The number of rotatable bonds is 7. The summed E-state index contributed by atoms with van der Waals surface area (Å²) in [5.74, 6) is -1.28. The van der Waals surface area contributed by atoms with Gasteiger partial charge in [-0.3, -0.25) is 14.5 Å². The van der Waals surface area contributed by atoms with Crippen LogP contribution in [-0.4, -0.2) is 87.8 Å². The first-order valence-corrected chi connectivity index (χ1v) is 11.3. The molecule has 1 aromatic carbocycles. The molecule has 2 fully saturated rings. The Morgan fingerprint density at radius 1 is 1.32 bits per heavy atom. The molecule has 2 aliphatic rings. The molecule has 3 rings (SSSR count). The summed E-state index contributed by atoms with van der Waals surface area (Å²) < 4.78 is 45.0. The summed E-state index contributed by atoms with van der Waals surface area (Å²) in [5.41, 5.74) is 0.561. The van der Waals surface area contributed by atoms with Crippen molar-refractivity contribution in [3.8, 4) is 0 Å². The fourth-order valence-corrected chi connectivity index (χ4v) is 4.35. The maximum Gasteiger partial charge on any atom is 0.414 e. The van der Waals surface area contributed by atoms with Crippen LogP contribution in [0.4, 0.5) is 20.6 Å². The van der Waals surface area contributed by atoms with E-state index in [4.69, 9.17) is 14.7 Å². The molecule has 2 amide bonds. The largest absolute Gasteiger partial charge is 0.442 e. The Morgan fingerprint density at radius 2 is 2.10 bits per heavy atom. The van der Waals surface area contributed by atoms with Crippen LogP contribution in [0.3, 0.4) is 0 Å². The summed E-state index contributed by atoms with van der Waals surface area (Å²) in [6, 6.07) is 4.30. The molecule has 11 nitrogen and oxygen atoms in total. The van der Waals surface area contributed by atoms with Crippen molar-refractivity contribution < 1.29 is 37.1 Å². The molecular formula is C18H25FN4O7S. The number of aliphatic hydroxyl groups is 1. The van der Waals surface area contributed by atoms with E-state index in [0.717, 1.165) is 4.47 Å². The van der Waals surface area contributed by atoms with Crippen molar-refractivity contribution in [1.82, 2.24) is 9.79 Å². The Balaban J connectivity index is 1.67. The first-order chi connectivity index (χ1) is 14.7. The molecule has 13 heteroatoms. The molecule has 0 saturated carbocycles. The lowest BCUT2D eigenvalue weighted by Crippen LogP contribution is -2.36. The molecule has 0 spiro atoms. The summed E-state index contributed by atoms with van der Waals surface area (Å²) in [4.78, 5) is 31.3. The van der Waals surface area contributed by atoms with Crippen LogP contribution in [0.2, 0.25) is 0 Å². The van der Waals surface area contributed by atoms with Crippen molar-refractivity contribution in [2.24, 2.45) is 0 Å². The number of benzene rings is 1. The Labute approximate surface area is 179 Å². The molecule has 2 heterocycles. The Hall–Kier alpha value is -2.48. The van der Waals surface area contributed by atoms with Gasteiger partial charge in [0.1, 0.15) is 11.9 Å². The number of anilines is 2. The third-order valence-corrected chi connectivity index (χ3v) is 6.45. The molecule has 1 aromatic rings. The van der Waals surface area contributed by atoms with Gasteiger partial charge in [-0.1, -0.05) is 4.47 Å². The highest BCUT2D eigenvalue weighted by Gasteiger charge is 2.33.